The molecular formula is C13H17NO2S. The molecule has 2 rings (SSSR count). The first-order valence-corrected chi connectivity index (χ1v) is 6.98. The van der Waals surface area contributed by atoms with Gasteiger partial charge in [0.15, 0.2) is 0 Å². The molecule has 1 saturated heterocycles. The lowest BCUT2D eigenvalue weighted by Crippen LogP contribution is -2.32. The third-order valence-corrected chi connectivity index (χ3v) is 4.25. The summed E-state index contributed by atoms with van der Waals surface area (Å²) >= 11 is 1.75. The Morgan fingerprint density at radius 1 is 1.41 bits per heavy atom. The Morgan fingerprint density at radius 2 is 2.18 bits per heavy atom. The van der Waals surface area contributed by atoms with Gasteiger partial charge in [-0.15, -0.1) is 11.8 Å². The number of thioether (sulfide) groups is 1. The van der Waals surface area contributed by atoms with E-state index in [1.54, 1.807) is 23.9 Å². The zero-order valence-electron chi connectivity index (χ0n) is 9.69. The number of amides is 1. The van der Waals surface area contributed by atoms with Crippen molar-refractivity contribution in [3.8, 4) is 5.75 Å². The van der Waals surface area contributed by atoms with E-state index >= 15 is 0 Å². The van der Waals surface area contributed by atoms with Crippen LogP contribution in [0.3, 0.4) is 0 Å². The van der Waals surface area contributed by atoms with Gasteiger partial charge in [0.1, 0.15) is 5.75 Å². The molecule has 1 atom stereocenters. The zero-order valence-corrected chi connectivity index (χ0v) is 10.5. The molecule has 0 saturated carbocycles. The monoisotopic (exact) mass is 251 g/mol. The van der Waals surface area contributed by atoms with Gasteiger partial charge < -0.3 is 10.4 Å². The summed E-state index contributed by atoms with van der Waals surface area (Å²) in [7, 11) is 0. The minimum atomic E-state index is 0.162. The summed E-state index contributed by atoms with van der Waals surface area (Å²) in [6.45, 7) is 0.667. The van der Waals surface area contributed by atoms with Crippen LogP contribution in [0.4, 0.5) is 0 Å². The van der Waals surface area contributed by atoms with Crippen molar-refractivity contribution in [2.75, 3.05) is 12.3 Å². The first-order chi connectivity index (χ1) is 8.25. The van der Waals surface area contributed by atoms with Crippen molar-refractivity contribution in [2.24, 2.45) is 0 Å². The lowest BCUT2D eigenvalue weighted by atomic mass is 10.1. The third kappa shape index (κ3) is 3.66. The summed E-state index contributed by atoms with van der Waals surface area (Å²) in [5.74, 6) is 1.56. The Hall–Kier alpha value is -1.16. The number of benzene rings is 1. The van der Waals surface area contributed by atoms with Crippen molar-refractivity contribution in [1.82, 2.24) is 5.32 Å². The van der Waals surface area contributed by atoms with Gasteiger partial charge in [-0.25, -0.2) is 0 Å². The van der Waals surface area contributed by atoms with Gasteiger partial charge in [-0.1, -0.05) is 12.1 Å². The molecule has 1 unspecified atom stereocenters. The van der Waals surface area contributed by atoms with Gasteiger partial charge in [-0.2, -0.15) is 0 Å². The standard InChI is InChI=1S/C13H17NO2S/c15-11-5-3-10(4-6-11)7-8-14-13(16)12-2-1-9-17-12/h3-6,12,15H,1-2,7-9H2,(H,14,16). The molecule has 0 aromatic heterocycles. The lowest BCUT2D eigenvalue weighted by Gasteiger charge is -2.09. The number of phenolic OH excluding ortho intramolecular Hbond substituents is 1. The number of phenols is 1. The number of rotatable bonds is 4. The highest BCUT2D eigenvalue weighted by Gasteiger charge is 2.22. The van der Waals surface area contributed by atoms with E-state index in [0.29, 0.717) is 6.54 Å². The summed E-state index contributed by atoms with van der Waals surface area (Å²) in [6, 6.07) is 7.10. The molecule has 17 heavy (non-hydrogen) atoms. The maximum atomic E-state index is 11.7. The van der Waals surface area contributed by atoms with Gasteiger partial charge in [-0.3, -0.25) is 4.79 Å². The van der Waals surface area contributed by atoms with Crippen LogP contribution in [0.5, 0.6) is 5.75 Å². The normalized spacial score (nSPS) is 19.2. The second kappa shape index (κ2) is 5.96. The molecule has 1 aromatic rings. The Morgan fingerprint density at radius 3 is 2.82 bits per heavy atom. The van der Waals surface area contributed by atoms with E-state index in [9.17, 15) is 4.79 Å². The van der Waals surface area contributed by atoms with E-state index in [4.69, 9.17) is 5.11 Å². The molecule has 1 aromatic carbocycles. The van der Waals surface area contributed by atoms with Gasteiger partial charge in [-0.05, 0) is 42.7 Å². The Balaban J connectivity index is 1.72. The number of hydrogen-bond acceptors (Lipinski definition) is 3. The smallest absolute Gasteiger partial charge is 0.233 e. The molecule has 1 aliphatic rings. The van der Waals surface area contributed by atoms with Crippen LogP contribution in [0.25, 0.3) is 0 Å². The summed E-state index contributed by atoms with van der Waals surface area (Å²) in [6.07, 6.45) is 2.97. The summed E-state index contributed by atoms with van der Waals surface area (Å²) in [4.78, 5) is 11.7. The van der Waals surface area contributed by atoms with E-state index in [1.165, 1.54) is 0 Å². The quantitative estimate of drug-likeness (QED) is 0.860. The third-order valence-electron chi connectivity index (χ3n) is 2.87. The molecule has 1 amide bonds. The second-order valence-electron chi connectivity index (χ2n) is 4.21. The van der Waals surface area contributed by atoms with Crippen molar-refractivity contribution < 1.29 is 9.90 Å². The SMILES string of the molecule is O=C(NCCc1ccc(O)cc1)C1CCCS1. The maximum absolute atomic E-state index is 11.7. The van der Waals surface area contributed by atoms with Crippen LogP contribution in [0.2, 0.25) is 0 Å². The molecule has 1 fully saturated rings. The van der Waals surface area contributed by atoms with Crippen molar-refractivity contribution in [3.05, 3.63) is 29.8 Å². The molecule has 3 nitrogen and oxygen atoms in total. The van der Waals surface area contributed by atoms with Crippen LogP contribution < -0.4 is 5.32 Å². The highest BCUT2D eigenvalue weighted by Crippen LogP contribution is 2.25. The number of carbonyl (C=O) groups excluding carboxylic acids is 1. The van der Waals surface area contributed by atoms with Gasteiger partial charge in [0.05, 0.1) is 5.25 Å². The van der Waals surface area contributed by atoms with Crippen molar-refractivity contribution >= 4 is 17.7 Å². The van der Waals surface area contributed by atoms with Crippen LogP contribution >= 0.6 is 11.8 Å². The van der Waals surface area contributed by atoms with Crippen molar-refractivity contribution in [3.63, 3.8) is 0 Å². The van der Waals surface area contributed by atoms with Crippen molar-refractivity contribution in [1.29, 1.82) is 0 Å². The van der Waals surface area contributed by atoms with Crippen LogP contribution in [0, 0.1) is 0 Å². The van der Waals surface area contributed by atoms with E-state index in [0.717, 1.165) is 30.6 Å². The highest BCUT2D eigenvalue weighted by atomic mass is 32.2. The number of aromatic hydroxyl groups is 1. The van der Waals surface area contributed by atoms with E-state index in [2.05, 4.69) is 5.32 Å². The summed E-state index contributed by atoms with van der Waals surface area (Å²) in [5, 5.41) is 12.3. The number of hydrogen-bond donors (Lipinski definition) is 2. The fourth-order valence-electron chi connectivity index (χ4n) is 1.89. The predicted octanol–water partition coefficient (Wildman–Crippen LogP) is 1.95. The molecule has 0 radical (unpaired) electrons. The Bertz CT molecular complexity index is 372. The zero-order chi connectivity index (χ0) is 12.1. The Labute approximate surface area is 106 Å². The topological polar surface area (TPSA) is 49.3 Å². The van der Waals surface area contributed by atoms with E-state index < -0.39 is 0 Å². The van der Waals surface area contributed by atoms with Crippen LogP contribution in [0.1, 0.15) is 18.4 Å². The first-order valence-electron chi connectivity index (χ1n) is 5.93. The van der Waals surface area contributed by atoms with E-state index in [-0.39, 0.29) is 16.9 Å². The highest BCUT2D eigenvalue weighted by molar-refractivity contribution is 8.00. The number of nitrogens with one attached hydrogen (secondary N) is 1. The van der Waals surface area contributed by atoms with E-state index in [1.807, 2.05) is 12.1 Å². The molecular weight excluding hydrogens is 234 g/mol. The van der Waals surface area contributed by atoms with Gasteiger partial charge in [0.2, 0.25) is 5.91 Å². The molecule has 0 aliphatic carbocycles. The van der Waals surface area contributed by atoms with Crippen molar-refractivity contribution in [2.45, 2.75) is 24.5 Å². The minimum absolute atomic E-state index is 0.162. The van der Waals surface area contributed by atoms with Crippen LogP contribution in [0.15, 0.2) is 24.3 Å². The van der Waals surface area contributed by atoms with Gasteiger partial charge >= 0.3 is 0 Å². The average molecular weight is 251 g/mol. The molecule has 4 heteroatoms. The fraction of sp³-hybridized carbons (Fsp3) is 0.462. The lowest BCUT2D eigenvalue weighted by molar-refractivity contribution is -0.120. The molecule has 1 aliphatic heterocycles. The molecule has 1 heterocycles. The maximum Gasteiger partial charge on any atom is 0.233 e. The van der Waals surface area contributed by atoms with Gasteiger partial charge in [0.25, 0.3) is 0 Å². The first kappa shape index (κ1) is 12.3. The largest absolute Gasteiger partial charge is 0.508 e. The average Bonchev–Trinajstić information content (AvgIpc) is 2.85. The number of carbonyl (C=O) groups is 1. The van der Waals surface area contributed by atoms with Crippen LogP contribution in [-0.2, 0) is 11.2 Å². The minimum Gasteiger partial charge on any atom is -0.508 e. The molecule has 2 N–H and O–H groups in total. The molecule has 0 bridgehead atoms. The summed E-state index contributed by atoms with van der Waals surface area (Å²) < 4.78 is 0. The Kier molecular flexibility index (Phi) is 4.31. The van der Waals surface area contributed by atoms with Gasteiger partial charge in [0, 0.05) is 6.54 Å². The second-order valence-corrected chi connectivity index (χ2v) is 5.52. The van der Waals surface area contributed by atoms with Crippen LogP contribution in [-0.4, -0.2) is 28.6 Å². The summed E-state index contributed by atoms with van der Waals surface area (Å²) in [5.41, 5.74) is 1.13. The fourth-order valence-corrected chi connectivity index (χ4v) is 3.08. The molecule has 92 valence electrons. The predicted molar refractivity (Wildman–Crippen MR) is 70.3 cm³/mol. The molecule has 0 spiro atoms.